The van der Waals surface area contributed by atoms with Gasteiger partial charge in [0.2, 0.25) is 0 Å². The van der Waals surface area contributed by atoms with E-state index in [2.05, 4.69) is 18.7 Å². The van der Waals surface area contributed by atoms with E-state index in [1.807, 2.05) is 19.1 Å². The molecular weight excluding hydrogens is 213 g/mol. The first kappa shape index (κ1) is 12.6. The van der Waals surface area contributed by atoms with E-state index >= 15 is 0 Å². The Balaban J connectivity index is 1.95. The van der Waals surface area contributed by atoms with E-state index in [9.17, 15) is 4.39 Å². The molecule has 0 unspecified atom stereocenters. The van der Waals surface area contributed by atoms with E-state index in [0.29, 0.717) is 5.41 Å². The van der Waals surface area contributed by atoms with Crippen molar-refractivity contribution >= 4 is 0 Å². The molecule has 1 fully saturated rings. The van der Waals surface area contributed by atoms with Crippen LogP contribution in [0.2, 0.25) is 0 Å². The van der Waals surface area contributed by atoms with Crippen LogP contribution in [0.5, 0.6) is 0 Å². The summed E-state index contributed by atoms with van der Waals surface area (Å²) in [5, 5.41) is 0. The predicted octanol–water partition coefficient (Wildman–Crippen LogP) is 3.76. The first-order chi connectivity index (χ1) is 7.96. The van der Waals surface area contributed by atoms with Gasteiger partial charge in [0, 0.05) is 6.54 Å². The van der Waals surface area contributed by atoms with Gasteiger partial charge in [-0.15, -0.1) is 0 Å². The minimum Gasteiger partial charge on any atom is -0.299 e. The Morgan fingerprint density at radius 3 is 2.47 bits per heavy atom. The smallest absolute Gasteiger partial charge is 0.126 e. The normalized spacial score (nSPS) is 20.5. The largest absolute Gasteiger partial charge is 0.299 e. The minimum atomic E-state index is -0.0835. The average Bonchev–Trinajstić information content (AvgIpc) is 2.27. The first-order valence-corrected chi connectivity index (χ1v) is 6.44. The fourth-order valence-corrected chi connectivity index (χ4v) is 2.31. The summed E-state index contributed by atoms with van der Waals surface area (Å²) in [6.45, 7) is 9.60. The summed E-state index contributed by atoms with van der Waals surface area (Å²) in [6, 6.07) is 5.59. The summed E-state index contributed by atoms with van der Waals surface area (Å²) >= 11 is 0. The Bertz CT molecular complexity index is 388. The third kappa shape index (κ3) is 3.29. The van der Waals surface area contributed by atoms with Gasteiger partial charge >= 0.3 is 0 Å². The lowest BCUT2D eigenvalue weighted by Crippen LogP contribution is -2.36. The standard InChI is InChI=1S/C15H22FN/c1-12-4-5-13(10-14(12)16)11-17-8-6-15(2,3)7-9-17/h4-5,10H,6-9,11H2,1-3H3. The summed E-state index contributed by atoms with van der Waals surface area (Å²) in [6.07, 6.45) is 2.47. The van der Waals surface area contributed by atoms with Crippen LogP contribution in [0.15, 0.2) is 18.2 Å². The SMILES string of the molecule is Cc1ccc(CN2CCC(C)(C)CC2)cc1F. The summed E-state index contributed by atoms with van der Waals surface area (Å²) in [7, 11) is 0. The molecule has 0 N–H and O–H groups in total. The predicted molar refractivity (Wildman–Crippen MR) is 69.4 cm³/mol. The van der Waals surface area contributed by atoms with E-state index < -0.39 is 0 Å². The lowest BCUT2D eigenvalue weighted by molar-refractivity contribution is 0.127. The third-order valence-electron chi connectivity index (χ3n) is 3.85. The molecule has 0 bridgehead atoms. The van der Waals surface area contributed by atoms with Gasteiger partial charge in [-0.05, 0) is 55.5 Å². The average molecular weight is 235 g/mol. The molecule has 1 aliphatic heterocycles. The van der Waals surface area contributed by atoms with Crippen molar-refractivity contribution < 1.29 is 4.39 Å². The second kappa shape index (κ2) is 4.77. The number of nitrogens with zero attached hydrogens (tertiary/aromatic N) is 1. The van der Waals surface area contributed by atoms with Crippen molar-refractivity contribution in [3.05, 3.63) is 35.1 Å². The van der Waals surface area contributed by atoms with Crippen LogP contribution in [0.1, 0.15) is 37.8 Å². The fourth-order valence-electron chi connectivity index (χ4n) is 2.31. The zero-order valence-corrected chi connectivity index (χ0v) is 11.1. The van der Waals surface area contributed by atoms with E-state index in [4.69, 9.17) is 0 Å². The topological polar surface area (TPSA) is 3.24 Å². The summed E-state index contributed by atoms with van der Waals surface area (Å²) < 4.78 is 13.4. The van der Waals surface area contributed by atoms with Crippen LogP contribution in [0.3, 0.4) is 0 Å². The molecule has 1 heterocycles. The Labute approximate surface area is 104 Å². The summed E-state index contributed by atoms with van der Waals surface area (Å²) in [5.41, 5.74) is 2.30. The maximum Gasteiger partial charge on any atom is 0.126 e. The lowest BCUT2D eigenvalue weighted by atomic mass is 9.82. The Morgan fingerprint density at radius 2 is 1.88 bits per heavy atom. The number of hydrogen-bond acceptors (Lipinski definition) is 1. The summed E-state index contributed by atoms with van der Waals surface area (Å²) in [4.78, 5) is 2.43. The molecule has 1 nitrogen and oxygen atoms in total. The van der Waals surface area contributed by atoms with Gasteiger partial charge in [0.15, 0.2) is 0 Å². The van der Waals surface area contributed by atoms with Crippen molar-refractivity contribution in [3.63, 3.8) is 0 Å². The number of rotatable bonds is 2. The van der Waals surface area contributed by atoms with E-state index in [0.717, 1.165) is 30.8 Å². The molecule has 1 aromatic rings. The van der Waals surface area contributed by atoms with Gasteiger partial charge in [0.1, 0.15) is 5.82 Å². The molecule has 1 saturated heterocycles. The zero-order chi connectivity index (χ0) is 12.5. The molecule has 1 aliphatic rings. The number of benzene rings is 1. The van der Waals surface area contributed by atoms with E-state index in [-0.39, 0.29) is 5.82 Å². The van der Waals surface area contributed by atoms with Crippen molar-refractivity contribution in [1.29, 1.82) is 0 Å². The molecule has 94 valence electrons. The van der Waals surface area contributed by atoms with Gasteiger partial charge in [0.25, 0.3) is 0 Å². The molecule has 2 rings (SSSR count). The number of halogens is 1. The van der Waals surface area contributed by atoms with Gasteiger partial charge in [-0.3, -0.25) is 4.90 Å². The molecule has 0 aliphatic carbocycles. The lowest BCUT2D eigenvalue weighted by Gasteiger charge is -2.36. The van der Waals surface area contributed by atoms with Crippen LogP contribution < -0.4 is 0 Å². The van der Waals surface area contributed by atoms with Crippen LogP contribution in [0.4, 0.5) is 4.39 Å². The summed E-state index contributed by atoms with van der Waals surface area (Å²) in [5.74, 6) is -0.0835. The van der Waals surface area contributed by atoms with Crippen molar-refractivity contribution in [3.8, 4) is 0 Å². The Kier molecular flexibility index (Phi) is 3.53. The molecule has 0 radical (unpaired) electrons. The molecule has 0 spiro atoms. The van der Waals surface area contributed by atoms with Crippen molar-refractivity contribution in [2.45, 2.75) is 40.2 Å². The number of likely N-dealkylation sites (tertiary alicyclic amines) is 1. The minimum absolute atomic E-state index is 0.0835. The van der Waals surface area contributed by atoms with Gasteiger partial charge in [0.05, 0.1) is 0 Å². The molecule has 0 aromatic heterocycles. The number of piperidine rings is 1. The van der Waals surface area contributed by atoms with Crippen LogP contribution in [-0.2, 0) is 6.54 Å². The highest BCUT2D eigenvalue weighted by atomic mass is 19.1. The van der Waals surface area contributed by atoms with E-state index in [1.54, 1.807) is 6.07 Å². The first-order valence-electron chi connectivity index (χ1n) is 6.44. The van der Waals surface area contributed by atoms with Crippen molar-refractivity contribution in [2.24, 2.45) is 5.41 Å². The van der Waals surface area contributed by atoms with Crippen LogP contribution >= 0.6 is 0 Å². The number of aryl methyl sites for hydroxylation is 1. The monoisotopic (exact) mass is 235 g/mol. The third-order valence-corrected chi connectivity index (χ3v) is 3.85. The second-order valence-corrected chi connectivity index (χ2v) is 6.02. The maximum atomic E-state index is 13.4. The van der Waals surface area contributed by atoms with Crippen LogP contribution in [0, 0.1) is 18.2 Å². The second-order valence-electron chi connectivity index (χ2n) is 6.02. The Morgan fingerprint density at radius 1 is 1.24 bits per heavy atom. The molecular formula is C15H22FN. The maximum absolute atomic E-state index is 13.4. The van der Waals surface area contributed by atoms with Gasteiger partial charge in [-0.25, -0.2) is 4.39 Å². The quantitative estimate of drug-likeness (QED) is 0.754. The molecule has 2 heteroatoms. The number of hydrogen-bond donors (Lipinski definition) is 0. The van der Waals surface area contributed by atoms with Gasteiger partial charge < -0.3 is 0 Å². The van der Waals surface area contributed by atoms with E-state index in [1.165, 1.54) is 12.8 Å². The van der Waals surface area contributed by atoms with Crippen molar-refractivity contribution in [1.82, 2.24) is 4.90 Å². The molecule has 17 heavy (non-hydrogen) atoms. The fraction of sp³-hybridized carbons (Fsp3) is 0.600. The molecule has 0 atom stereocenters. The van der Waals surface area contributed by atoms with Gasteiger partial charge in [-0.2, -0.15) is 0 Å². The Hall–Kier alpha value is -0.890. The van der Waals surface area contributed by atoms with Crippen LogP contribution in [0.25, 0.3) is 0 Å². The molecule has 1 aromatic carbocycles. The van der Waals surface area contributed by atoms with Crippen molar-refractivity contribution in [2.75, 3.05) is 13.1 Å². The zero-order valence-electron chi connectivity index (χ0n) is 11.1. The highest BCUT2D eigenvalue weighted by Crippen LogP contribution is 2.30. The van der Waals surface area contributed by atoms with Gasteiger partial charge in [-0.1, -0.05) is 26.0 Å². The van der Waals surface area contributed by atoms with Crippen LogP contribution in [-0.4, -0.2) is 18.0 Å². The molecule has 0 amide bonds. The molecule has 0 saturated carbocycles. The highest BCUT2D eigenvalue weighted by Gasteiger charge is 2.25. The highest BCUT2D eigenvalue weighted by molar-refractivity contribution is 5.23.